The number of aromatic hydroxyl groups is 1. The van der Waals surface area contributed by atoms with Gasteiger partial charge < -0.3 is 9.84 Å². The molecule has 3 rings (SSSR count). The summed E-state index contributed by atoms with van der Waals surface area (Å²) in [5.74, 6) is 0.208. The number of phenols is 1. The third-order valence-corrected chi connectivity index (χ3v) is 4.56. The Hall–Kier alpha value is -2.11. The maximum absolute atomic E-state index is 10.9. The molecule has 1 aromatic heterocycles. The molecular formula is C20H24ClN3O2. The van der Waals surface area contributed by atoms with Gasteiger partial charge >= 0.3 is 0 Å². The Balaban J connectivity index is 2.12. The molecule has 0 aliphatic rings. The Morgan fingerprint density at radius 1 is 1.12 bits per heavy atom. The lowest BCUT2D eigenvalue weighted by Crippen LogP contribution is -2.14. The minimum Gasteiger partial charge on any atom is -0.505 e. The summed E-state index contributed by atoms with van der Waals surface area (Å²) in [6.45, 7) is 6.94. The number of rotatable bonds is 5. The number of hydrogen-bond acceptors (Lipinski definition) is 4. The molecule has 0 saturated heterocycles. The summed E-state index contributed by atoms with van der Waals surface area (Å²) in [5, 5.41) is 20.5. The molecule has 1 heterocycles. The molecule has 0 spiro atoms. The van der Waals surface area contributed by atoms with Crippen LogP contribution in [-0.4, -0.2) is 33.8 Å². The molecule has 26 heavy (non-hydrogen) atoms. The van der Waals surface area contributed by atoms with Gasteiger partial charge in [-0.2, -0.15) is 0 Å². The number of halogens is 1. The number of methoxy groups -OCH3 is 1. The first kappa shape index (κ1) is 18.7. The van der Waals surface area contributed by atoms with Crippen LogP contribution in [0, 0.1) is 0 Å². The van der Waals surface area contributed by atoms with E-state index in [1.807, 2.05) is 12.1 Å². The van der Waals surface area contributed by atoms with Crippen molar-refractivity contribution in [2.45, 2.75) is 39.0 Å². The van der Waals surface area contributed by atoms with Gasteiger partial charge in [-0.1, -0.05) is 38.4 Å². The molecule has 5 nitrogen and oxygen atoms in total. The van der Waals surface area contributed by atoms with Crippen molar-refractivity contribution in [3.05, 3.63) is 46.5 Å². The molecule has 6 heteroatoms. The van der Waals surface area contributed by atoms with Crippen molar-refractivity contribution in [1.82, 2.24) is 15.0 Å². The van der Waals surface area contributed by atoms with E-state index in [9.17, 15) is 5.11 Å². The molecule has 0 bridgehead atoms. The van der Waals surface area contributed by atoms with Gasteiger partial charge in [-0.15, -0.1) is 15.0 Å². The smallest absolute Gasteiger partial charge is 0.146 e. The Morgan fingerprint density at radius 3 is 2.54 bits per heavy atom. The van der Waals surface area contributed by atoms with Gasteiger partial charge in [0.15, 0.2) is 0 Å². The van der Waals surface area contributed by atoms with E-state index in [0.29, 0.717) is 22.8 Å². The molecule has 0 unspecified atom stereocenters. The van der Waals surface area contributed by atoms with Crippen molar-refractivity contribution in [2.75, 3.05) is 13.7 Å². The summed E-state index contributed by atoms with van der Waals surface area (Å²) in [5.41, 5.74) is 3.81. The lowest BCUT2D eigenvalue weighted by Gasteiger charge is -2.23. The van der Waals surface area contributed by atoms with Crippen LogP contribution < -0.4 is 0 Å². The van der Waals surface area contributed by atoms with Gasteiger partial charge in [0, 0.05) is 24.3 Å². The van der Waals surface area contributed by atoms with Crippen LogP contribution in [0.5, 0.6) is 5.75 Å². The summed E-state index contributed by atoms with van der Waals surface area (Å²) in [7, 11) is 1.70. The summed E-state index contributed by atoms with van der Waals surface area (Å²) in [6, 6.07) is 9.38. The summed E-state index contributed by atoms with van der Waals surface area (Å²) in [6.07, 6.45) is 1.77. The predicted octanol–water partition coefficient (Wildman–Crippen LogP) is 4.66. The zero-order valence-corrected chi connectivity index (χ0v) is 16.3. The van der Waals surface area contributed by atoms with Crippen LogP contribution in [0.3, 0.4) is 0 Å². The Morgan fingerprint density at radius 2 is 1.85 bits per heavy atom. The quantitative estimate of drug-likeness (QED) is 0.661. The van der Waals surface area contributed by atoms with E-state index < -0.39 is 0 Å². The van der Waals surface area contributed by atoms with Gasteiger partial charge in [-0.05, 0) is 48.1 Å². The molecule has 0 radical (unpaired) electrons. The van der Waals surface area contributed by atoms with E-state index in [1.54, 1.807) is 19.2 Å². The first-order valence-electron chi connectivity index (χ1n) is 8.68. The number of ether oxygens (including phenoxy) is 1. The highest BCUT2D eigenvalue weighted by Crippen LogP contribution is 2.36. The van der Waals surface area contributed by atoms with Gasteiger partial charge in [0.2, 0.25) is 0 Å². The zero-order chi connectivity index (χ0) is 18.9. The zero-order valence-electron chi connectivity index (χ0n) is 15.6. The third kappa shape index (κ3) is 3.84. The van der Waals surface area contributed by atoms with Crippen LogP contribution in [0.1, 0.15) is 38.3 Å². The van der Waals surface area contributed by atoms with Gasteiger partial charge in [-0.3, -0.25) is 0 Å². The molecule has 3 aromatic rings. The van der Waals surface area contributed by atoms with E-state index in [-0.39, 0.29) is 11.2 Å². The van der Waals surface area contributed by atoms with Crippen LogP contribution >= 0.6 is 11.6 Å². The Labute approximate surface area is 158 Å². The van der Waals surface area contributed by atoms with Crippen molar-refractivity contribution in [3.63, 3.8) is 0 Å². The molecule has 0 atom stereocenters. The van der Waals surface area contributed by atoms with E-state index in [2.05, 4.69) is 37.0 Å². The summed E-state index contributed by atoms with van der Waals surface area (Å²) >= 11 is 6.05. The standard InChI is InChI=1S/C20H24ClN3O2/c1-20(2,3)15-10-13(6-5-9-26-4)11-18(19(15)25)24-22-16-8-7-14(21)12-17(16)23-24/h7-8,10-12,25H,5-6,9H2,1-4H3. The maximum atomic E-state index is 10.9. The van der Waals surface area contributed by atoms with E-state index in [0.717, 1.165) is 29.5 Å². The van der Waals surface area contributed by atoms with Crippen molar-refractivity contribution in [2.24, 2.45) is 0 Å². The third-order valence-electron chi connectivity index (χ3n) is 4.33. The average molecular weight is 374 g/mol. The van der Waals surface area contributed by atoms with Crippen LogP contribution in [0.2, 0.25) is 5.02 Å². The first-order valence-corrected chi connectivity index (χ1v) is 9.05. The fourth-order valence-electron chi connectivity index (χ4n) is 2.96. The average Bonchev–Trinajstić information content (AvgIpc) is 2.98. The molecule has 0 saturated carbocycles. The molecule has 2 aromatic carbocycles. The number of nitrogens with zero attached hydrogens (tertiary/aromatic N) is 3. The minimum absolute atomic E-state index is 0.202. The number of benzene rings is 2. The van der Waals surface area contributed by atoms with Gasteiger partial charge in [0.05, 0.1) is 0 Å². The van der Waals surface area contributed by atoms with E-state index in [4.69, 9.17) is 16.3 Å². The van der Waals surface area contributed by atoms with Crippen molar-refractivity contribution >= 4 is 22.6 Å². The van der Waals surface area contributed by atoms with Crippen molar-refractivity contribution in [3.8, 4) is 11.4 Å². The van der Waals surface area contributed by atoms with Crippen molar-refractivity contribution in [1.29, 1.82) is 0 Å². The highest BCUT2D eigenvalue weighted by atomic mass is 35.5. The fourth-order valence-corrected chi connectivity index (χ4v) is 3.13. The first-order chi connectivity index (χ1) is 12.3. The number of fused-ring (bicyclic) bond motifs is 1. The molecular weight excluding hydrogens is 350 g/mol. The van der Waals surface area contributed by atoms with Crippen molar-refractivity contribution < 1.29 is 9.84 Å². The van der Waals surface area contributed by atoms with Crippen LogP contribution in [0.25, 0.3) is 16.7 Å². The van der Waals surface area contributed by atoms with Gasteiger partial charge in [0.1, 0.15) is 22.5 Å². The number of aromatic nitrogens is 3. The fraction of sp³-hybridized carbons (Fsp3) is 0.400. The lowest BCUT2D eigenvalue weighted by atomic mass is 9.84. The predicted molar refractivity (Wildman–Crippen MR) is 104 cm³/mol. The molecule has 0 aliphatic carbocycles. The normalized spacial score (nSPS) is 12.0. The topological polar surface area (TPSA) is 60.2 Å². The monoisotopic (exact) mass is 373 g/mol. The number of phenolic OH excluding ortho intramolecular Hbond substituents is 1. The largest absolute Gasteiger partial charge is 0.505 e. The highest BCUT2D eigenvalue weighted by molar-refractivity contribution is 6.31. The molecule has 138 valence electrons. The van der Waals surface area contributed by atoms with Gasteiger partial charge in [-0.25, -0.2) is 0 Å². The second kappa shape index (κ2) is 7.25. The molecule has 0 fully saturated rings. The maximum Gasteiger partial charge on any atom is 0.146 e. The van der Waals surface area contributed by atoms with Crippen LogP contribution in [0.15, 0.2) is 30.3 Å². The van der Waals surface area contributed by atoms with Crippen LogP contribution in [0.4, 0.5) is 0 Å². The van der Waals surface area contributed by atoms with Crippen LogP contribution in [-0.2, 0) is 16.6 Å². The summed E-state index contributed by atoms with van der Waals surface area (Å²) < 4.78 is 5.16. The second-order valence-electron chi connectivity index (χ2n) is 7.48. The summed E-state index contributed by atoms with van der Waals surface area (Å²) in [4.78, 5) is 1.49. The SMILES string of the molecule is COCCCc1cc(-n2nc3ccc(Cl)cc3n2)c(O)c(C(C)(C)C)c1. The second-order valence-corrected chi connectivity index (χ2v) is 7.92. The van der Waals surface area contributed by atoms with E-state index >= 15 is 0 Å². The van der Waals surface area contributed by atoms with Gasteiger partial charge in [0.25, 0.3) is 0 Å². The van der Waals surface area contributed by atoms with E-state index in [1.165, 1.54) is 4.80 Å². The molecule has 1 N–H and O–H groups in total. The Bertz CT molecular complexity index is 929. The number of hydrogen-bond donors (Lipinski definition) is 1. The molecule has 0 amide bonds. The number of aryl methyl sites for hydroxylation is 1. The lowest BCUT2D eigenvalue weighted by molar-refractivity contribution is 0.195. The Kier molecular flexibility index (Phi) is 5.21. The minimum atomic E-state index is -0.202. The highest BCUT2D eigenvalue weighted by Gasteiger charge is 2.23. The molecule has 0 aliphatic heterocycles.